The van der Waals surface area contributed by atoms with Gasteiger partial charge in [-0.1, -0.05) is 33.4 Å². The number of allylic oxidation sites excluding steroid dienone is 2. The van der Waals surface area contributed by atoms with Crippen LogP contribution in [0.25, 0.3) is 0 Å². The predicted octanol–water partition coefficient (Wildman–Crippen LogP) is 3.83. The molecule has 0 radical (unpaired) electrons. The van der Waals surface area contributed by atoms with E-state index in [1.165, 1.54) is 6.42 Å². The molecule has 0 fully saturated rings. The fourth-order valence-electron chi connectivity index (χ4n) is 0.960. The maximum absolute atomic E-state index is 3.88. The summed E-state index contributed by atoms with van der Waals surface area (Å²) in [6.45, 7) is 10.3. The molecule has 0 aromatic heterocycles. The molecular formula is C12H21N. The quantitative estimate of drug-likeness (QED) is 0.549. The van der Waals surface area contributed by atoms with Crippen molar-refractivity contribution < 1.29 is 0 Å². The maximum Gasteiger partial charge on any atom is 0.0264 e. The van der Waals surface area contributed by atoms with Crippen LogP contribution in [0, 0.1) is 11.8 Å². The molecule has 1 nitrogen and oxygen atoms in total. The normalized spacial score (nSPS) is 14.5. The fraction of sp³-hybridized carbons (Fsp3) is 0.583. The monoisotopic (exact) mass is 179 g/mol. The zero-order chi connectivity index (χ0) is 10.1. The van der Waals surface area contributed by atoms with Gasteiger partial charge in [-0.15, -0.1) is 0 Å². The number of hydrogen-bond acceptors (Lipinski definition) is 1. The third-order valence-corrected chi connectivity index (χ3v) is 2.34. The first kappa shape index (κ1) is 12.2. The molecule has 0 bridgehead atoms. The third kappa shape index (κ3) is 7.51. The Kier molecular flexibility index (Phi) is 7.27. The Morgan fingerprint density at radius 3 is 2.54 bits per heavy atom. The van der Waals surface area contributed by atoms with Gasteiger partial charge in [0.25, 0.3) is 0 Å². The van der Waals surface area contributed by atoms with E-state index < -0.39 is 0 Å². The van der Waals surface area contributed by atoms with Crippen LogP contribution in [-0.4, -0.2) is 6.21 Å². The van der Waals surface area contributed by atoms with Gasteiger partial charge >= 0.3 is 0 Å². The SMILES string of the molecule is C=CN=C/C=C\CCC(C)C(C)C. The minimum atomic E-state index is 0.787. The van der Waals surface area contributed by atoms with Crippen LogP contribution in [0.15, 0.2) is 29.9 Å². The zero-order valence-corrected chi connectivity index (χ0v) is 9.03. The minimum absolute atomic E-state index is 0.787. The summed E-state index contributed by atoms with van der Waals surface area (Å²) in [5, 5.41) is 0. The Morgan fingerprint density at radius 2 is 2.00 bits per heavy atom. The molecule has 1 heteroatoms. The van der Waals surface area contributed by atoms with Crippen LogP contribution < -0.4 is 0 Å². The largest absolute Gasteiger partial charge is 0.265 e. The van der Waals surface area contributed by atoms with Gasteiger partial charge in [0, 0.05) is 12.4 Å². The van der Waals surface area contributed by atoms with E-state index in [0.717, 1.165) is 18.3 Å². The number of hydrogen-bond donors (Lipinski definition) is 0. The summed E-state index contributed by atoms with van der Waals surface area (Å²) in [6, 6.07) is 0. The zero-order valence-electron chi connectivity index (χ0n) is 9.03. The number of rotatable bonds is 6. The highest BCUT2D eigenvalue weighted by atomic mass is 14.6. The summed E-state index contributed by atoms with van der Waals surface area (Å²) in [4.78, 5) is 3.88. The molecule has 0 aliphatic rings. The fourth-order valence-corrected chi connectivity index (χ4v) is 0.960. The Hall–Kier alpha value is -0.850. The van der Waals surface area contributed by atoms with Crippen molar-refractivity contribution in [1.82, 2.24) is 0 Å². The van der Waals surface area contributed by atoms with E-state index in [9.17, 15) is 0 Å². The lowest BCUT2D eigenvalue weighted by atomic mass is 9.93. The van der Waals surface area contributed by atoms with Gasteiger partial charge in [-0.25, -0.2) is 0 Å². The predicted molar refractivity (Wildman–Crippen MR) is 61.1 cm³/mol. The maximum atomic E-state index is 3.88. The van der Waals surface area contributed by atoms with Gasteiger partial charge < -0.3 is 0 Å². The first-order valence-corrected chi connectivity index (χ1v) is 4.97. The van der Waals surface area contributed by atoms with Crippen LogP contribution in [0.2, 0.25) is 0 Å². The highest BCUT2D eigenvalue weighted by Gasteiger charge is 2.04. The van der Waals surface area contributed by atoms with Crippen molar-refractivity contribution in [1.29, 1.82) is 0 Å². The lowest BCUT2D eigenvalue weighted by Crippen LogP contribution is -2.02. The second kappa shape index (κ2) is 7.78. The standard InChI is InChI=1S/C12H21N/c1-5-13-10-8-6-7-9-12(4)11(2)3/h5-6,8,10-12H,1,7,9H2,2-4H3/b8-6-,13-10?. The van der Waals surface area contributed by atoms with Crippen LogP contribution in [0.4, 0.5) is 0 Å². The van der Waals surface area contributed by atoms with Gasteiger partial charge in [0.2, 0.25) is 0 Å². The molecule has 0 aromatic carbocycles. The summed E-state index contributed by atoms with van der Waals surface area (Å²) >= 11 is 0. The molecule has 13 heavy (non-hydrogen) atoms. The summed E-state index contributed by atoms with van der Waals surface area (Å²) in [6.07, 6.45) is 9.85. The summed E-state index contributed by atoms with van der Waals surface area (Å²) < 4.78 is 0. The van der Waals surface area contributed by atoms with Gasteiger partial charge in [-0.2, -0.15) is 0 Å². The Labute approximate surface area is 82.3 Å². The molecule has 1 atom stereocenters. The van der Waals surface area contributed by atoms with Crippen molar-refractivity contribution in [2.45, 2.75) is 33.6 Å². The average molecular weight is 179 g/mol. The van der Waals surface area contributed by atoms with E-state index in [0.29, 0.717) is 0 Å². The second-order valence-electron chi connectivity index (χ2n) is 3.71. The van der Waals surface area contributed by atoms with Crippen LogP contribution in [-0.2, 0) is 0 Å². The van der Waals surface area contributed by atoms with Crippen LogP contribution in [0.3, 0.4) is 0 Å². The molecule has 0 N–H and O–H groups in total. The number of nitrogens with zero attached hydrogens (tertiary/aromatic N) is 1. The smallest absolute Gasteiger partial charge is 0.0264 e. The summed E-state index contributed by atoms with van der Waals surface area (Å²) in [5.74, 6) is 1.59. The molecular weight excluding hydrogens is 158 g/mol. The molecule has 0 aliphatic carbocycles. The molecule has 74 valence electrons. The molecule has 0 amide bonds. The van der Waals surface area contributed by atoms with E-state index in [2.05, 4.69) is 38.4 Å². The molecule has 0 aromatic rings. The van der Waals surface area contributed by atoms with Crippen LogP contribution in [0.1, 0.15) is 33.6 Å². The Morgan fingerprint density at radius 1 is 1.31 bits per heavy atom. The van der Waals surface area contributed by atoms with Gasteiger partial charge in [-0.3, -0.25) is 4.99 Å². The molecule has 0 rings (SSSR count). The van der Waals surface area contributed by atoms with E-state index in [-0.39, 0.29) is 0 Å². The third-order valence-electron chi connectivity index (χ3n) is 2.34. The summed E-state index contributed by atoms with van der Waals surface area (Å²) in [7, 11) is 0. The highest BCUT2D eigenvalue weighted by molar-refractivity contribution is 5.71. The van der Waals surface area contributed by atoms with E-state index >= 15 is 0 Å². The van der Waals surface area contributed by atoms with Crippen molar-refractivity contribution in [2.24, 2.45) is 16.8 Å². The topological polar surface area (TPSA) is 12.4 Å². The minimum Gasteiger partial charge on any atom is -0.265 e. The van der Waals surface area contributed by atoms with Crippen molar-refractivity contribution in [3.8, 4) is 0 Å². The van der Waals surface area contributed by atoms with E-state index in [1.807, 2.05) is 6.08 Å². The first-order valence-electron chi connectivity index (χ1n) is 4.97. The molecule has 0 saturated heterocycles. The molecule has 1 unspecified atom stereocenters. The lowest BCUT2D eigenvalue weighted by Gasteiger charge is -2.13. The number of aliphatic imine (C=N–C) groups is 1. The first-order chi connectivity index (χ1) is 6.18. The van der Waals surface area contributed by atoms with Crippen molar-refractivity contribution in [3.05, 3.63) is 24.9 Å². The van der Waals surface area contributed by atoms with E-state index in [4.69, 9.17) is 0 Å². The Balaban J connectivity index is 3.49. The molecule has 0 saturated carbocycles. The second-order valence-corrected chi connectivity index (χ2v) is 3.71. The molecule has 0 heterocycles. The van der Waals surface area contributed by atoms with Crippen LogP contribution >= 0.6 is 0 Å². The van der Waals surface area contributed by atoms with Crippen molar-refractivity contribution in [2.75, 3.05) is 0 Å². The van der Waals surface area contributed by atoms with Gasteiger partial charge in [0.05, 0.1) is 0 Å². The Bertz CT molecular complexity index is 178. The average Bonchev–Trinajstić information content (AvgIpc) is 2.10. The summed E-state index contributed by atoms with van der Waals surface area (Å²) in [5.41, 5.74) is 0. The molecule has 0 spiro atoms. The van der Waals surface area contributed by atoms with Crippen molar-refractivity contribution >= 4 is 6.21 Å². The molecule has 0 aliphatic heterocycles. The van der Waals surface area contributed by atoms with Crippen LogP contribution in [0.5, 0.6) is 0 Å². The highest BCUT2D eigenvalue weighted by Crippen LogP contribution is 2.15. The van der Waals surface area contributed by atoms with Gasteiger partial charge in [0.1, 0.15) is 0 Å². The lowest BCUT2D eigenvalue weighted by molar-refractivity contribution is 0.395. The van der Waals surface area contributed by atoms with Crippen molar-refractivity contribution in [3.63, 3.8) is 0 Å². The van der Waals surface area contributed by atoms with E-state index in [1.54, 1.807) is 12.4 Å². The van der Waals surface area contributed by atoms with Gasteiger partial charge in [-0.05, 0) is 30.8 Å². The van der Waals surface area contributed by atoms with Gasteiger partial charge in [0.15, 0.2) is 0 Å².